The predicted molar refractivity (Wildman–Crippen MR) is 94.7 cm³/mol. The molecule has 0 saturated heterocycles. The standard InChI is InChI=1S/C18H19ClN2O3/c1-21(2)18(23)15-9-8-13(12-16(15)19)20-17(22)10-11-24-14-6-4-3-5-7-14/h3-9,12H,10-11H2,1-2H3,(H,20,22). The van der Waals surface area contributed by atoms with Gasteiger partial charge in [0, 0.05) is 19.8 Å². The zero-order chi connectivity index (χ0) is 17.5. The number of hydrogen-bond acceptors (Lipinski definition) is 3. The minimum absolute atomic E-state index is 0.186. The van der Waals surface area contributed by atoms with Crippen molar-refractivity contribution in [1.82, 2.24) is 4.90 Å². The van der Waals surface area contributed by atoms with Crippen LogP contribution < -0.4 is 10.1 Å². The van der Waals surface area contributed by atoms with Crippen molar-refractivity contribution in [3.63, 3.8) is 0 Å². The Morgan fingerprint density at radius 2 is 1.83 bits per heavy atom. The van der Waals surface area contributed by atoms with Crippen LogP contribution >= 0.6 is 11.6 Å². The summed E-state index contributed by atoms with van der Waals surface area (Å²) in [5.74, 6) is 0.350. The third kappa shape index (κ3) is 4.99. The van der Waals surface area contributed by atoms with Crippen molar-refractivity contribution >= 4 is 29.1 Å². The molecule has 0 fully saturated rings. The molecule has 5 nitrogen and oxygen atoms in total. The largest absolute Gasteiger partial charge is 0.493 e. The van der Waals surface area contributed by atoms with Crippen molar-refractivity contribution in [3.05, 3.63) is 59.1 Å². The zero-order valence-electron chi connectivity index (χ0n) is 13.6. The molecule has 24 heavy (non-hydrogen) atoms. The molecular weight excluding hydrogens is 328 g/mol. The maximum Gasteiger partial charge on any atom is 0.254 e. The van der Waals surface area contributed by atoms with Gasteiger partial charge in [0.2, 0.25) is 5.91 Å². The molecule has 0 saturated carbocycles. The number of para-hydroxylation sites is 1. The van der Waals surface area contributed by atoms with Gasteiger partial charge in [0.1, 0.15) is 5.75 Å². The van der Waals surface area contributed by atoms with Gasteiger partial charge in [-0.3, -0.25) is 9.59 Å². The SMILES string of the molecule is CN(C)C(=O)c1ccc(NC(=O)CCOc2ccccc2)cc1Cl. The number of benzene rings is 2. The van der Waals surface area contributed by atoms with Crippen LogP contribution in [-0.2, 0) is 4.79 Å². The van der Waals surface area contributed by atoms with Crippen LogP contribution in [0.4, 0.5) is 5.69 Å². The van der Waals surface area contributed by atoms with Crippen molar-refractivity contribution in [1.29, 1.82) is 0 Å². The normalized spacial score (nSPS) is 10.1. The molecule has 0 bridgehead atoms. The third-order valence-electron chi connectivity index (χ3n) is 3.23. The topological polar surface area (TPSA) is 58.6 Å². The summed E-state index contributed by atoms with van der Waals surface area (Å²) in [6, 6.07) is 14.1. The molecule has 1 N–H and O–H groups in total. The van der Waals surface area contributed by atoms with Crippen molar-refractivity contribution < 1.29 is 14.3 Å². The Morgan fingerprint density at radius 3 is 2.46 bits per heavy atom. The second-order valence-electron chi connectivity index (χ2n) is 5.35. The monoisotopic (exact) mass is 346 g/mol. The summed E-state index contributed by atoms with van der Waals surface area (Å²) in [7, 11) is 3.31. The van der Waals surface area contributed by atoms with Gasteiger partial charge in [-0.05, 0) is 30.3 Å². The van der Waals surface area contributed by atoms with Gasteiger partial charge in [-0.1, -0.05) is 29.8 Å². The van der Waals surface area contributed by atoms with E-state index in [1.807, 2.05) is 30.3 Å². The van der Waals surface area contributed by atoms with E-state index in [-0.39, 0.29) is 24.8 Å². The van der Waals surface area contributed by atoms with E-state index in [1.165, 1.54) is 4.90 Å². The summed E-state index contributed by atoms with van der Waals surface area (Å²) in [6.45, 7) is 0.279. The number of rotatable bonds is 6. The van der Waals surface area contributed by atoms with Gasteiger partial charge >= 0.3 is 0 Å². The molecule has 0 aliphatic rings. The first-order valence-corrected chi connectivity index (χ1v) is 7.84. The summed E-state index contributed by atoms with van der Waals surface area (Å²) < 4.78 is 5.48. The Balaban J connectivity index is 1.87. The molecule has 0 aliphatic heterocycles. The molecule has 2 rings (SSSR count). The van der Waals surface area contributed by atoms with Crippen LogP contribution in [0.5, 0.6) is 5.75 Å². The van der Waals surface area contributed by atoms with Crippen LogP contribution in [0.1, 0.15) is 16.8 Å². The van der Waals surface area contributed by atoms with Gasteiger partial charge in [0.15, 0.2) is 0 Å². The van der Waals surface area contributed by atoms with E-state index >= 15 is 0 Å². The summed E-state index contributed by atoms with van der Waals surface area (Å²) in [4.78, 5) is 25.3. The summed E-state index contributed by atoms with van der Waals surface area (Å²) in [5, 5.41) is 3.03. The molecular formula is C18H19ClN2O3. The van der Waals surface area contributed by atoms with E-state index in [2.05, 4.69) is 5.32 Å². The Labute approximate surface area is 146 Å². The average Bonchev–Trinajstić information content (AvgIpc) is 2.55. The van der Waals surface area contributed by atoms with Gasteiger partial charge in [-0.15, -0.1) is 0 Å². The van der Waals surface area contributed by atoms with Gasteiger partial charge in [-0.2, -0.15) is 0 Å². The number of ether oxygens (including phenoxy) is 1. The van der Waals surface area contributed by atoms with Crippen molar-refractivity contribution in [2.45, 2.75) is 6.42 Å². The summed E-state index contributed by atoms with van der Waals surface area (Å²) in [5.41, 5.74) is 0.937. The highest BCUT2D eigenvalue weighted by Gasteiger charge is 2.13. The van der Waals surface area contributed by atoms with E-state index in [9.17, 15) is 9.59 Å². The Hall–Kier alpha value is -2.53. The molecule has 6 heteroatoms. The lowest BCUT2D eigenvalue weighted by Crippen LogP contribution is -2.22. The van der Waals surface area contributed by atoms with Crippen LogP contribution in [0, 0.1) is 0 Å². The molecule has 0 radical (unpaired) electrons. The highest BCUT2D eigenvalue weighted by atomic mass is 35.5. The van der Waals surface area contributed by atoms with Crippen molar-refractivity contribution in [2.24, 2.45) is 0 Å². The highest BCUT2D eigenvalue weighted by Crippen LogP contribution is 2.22. The fourth-order valence-electron chi connectivity index (χ4n) is 2.01. The number of halogens is 1. The van der Waals surface area contributed by atoms with E-state index in [4.69, 9.17) is 16.3 Å². The Bertz CT molecular complexity index is 717. The lowest BCUT2D eigenvalue weighted by atomic mass is 10.2. The van der Waals surface area contributed by atoms with Gasteiger partial charge in [-0.25, -0.2) is 0 Å². The van der Waals surface area contributed by atoms with Crippen LogP contribution in [0.3, 0.4) is 0 Å². The summed E-state index contributed by atoms with van der Waals surface area (Å²) in [6.07, 6.45) is 0.213. The van der Waals surface area contributed by atoms with Crippen LogP contribution in [0.25, 0.3) is 0 Å². The Morgan fingerprint density at radius 1 is 1.12 bits per heavy atom. The molecule has 2 amide bonds. The molecule has 2 aromatic rings. The van der Waals surface area contributed by atoms with Crippen LogP contribution in [0.2, 0.25) is 5.02 Å². The number of anilines is 1. The number of carbonyl (C=O) groups excluding carboxylic acids is 2. The van der Waals surface area contributed by atoms with Gasteiger partial charge in [0.05, 0.1) is 23.6 Å². The van der Waals surface area contributed by atoms with Crippen molar-refractivity contribution in [2.75, 3.05) is 26.0 Å². The third-order valence-corrected chi connectivity index (χ3v) is 3.54. The van der Waals surface area contributed by atoms with Gasteiger partial charge < -0.3 is 15.0 Å². The molecule has 0 atom stereocenters. The van der Waals surface area contributed by atoms with Gasteiger partial charge in [0.25, 0.3) is 5.91 Å². The van der Waals surface area contributed by atoms with E-state index in [0.717, 1.165) is 5.75 Å². The second-order valence-corrected chi connectivity index (χ2v) is 5.76. The lowest BCUT2D eigenvalue weighted by Gasteiger charge is -2.13. The number of nitrogens with one attached hydrogen (secondary N) is 1. The Kier molecular flexibility index (Phi) is 6.21. The number of amides is 2. The number of nitrogens with zero attached hydrogens (tertiary/aromatic N) is 1. The zero-order valence-corrected chi connectivity index (χ0v) is 14.3. The molecule has 0 aliphatic carbocycles. The van der Waals surface area contributed by atoms with E-state index < -0.39 is 0 Å². The average molecular weight is 347 g/mol. The smallest absolute Gasteiger partial charge is 0.254 e. The molecule has 2 aromatic carbocycles. The molecule has 0 unspecified atom stereocenters. The van der Waals surface area contributed by atoms with Crippen LogP contribution in [-0.4, -0.2) is 37.4 Å². The molecule has 0 aromatic heterocycles. The molecule has 126 valence electrons. The molecule has 0 spiro atoms. The first-order valence-electron chi connectivity index (χ1n) is 7.46. The summed E-state index contributed by atoms with van der Waals surface area (Å²) >= 11 is 6.11. The fraction of sp³-hybridized carbons (Fsp3) is 0.222. The number of carbonyl (C=O) groups is 2. The van der Waals surface area contributed by atoms with Crippen molar-refractivity contribution in [3.8, 4) is 5.75 Å². The minimum atomic E-state index is -0.186. The van der Waals surface area contributed by atoms with E-state index in [1.54, 1.807) is 32.3 Å². The minimum Gasteiger partial charge on any atom is -0.493 e. The van der Waals surface area contributed by atoms with E-state index in [0.29, 0.717) is 16.3 Å². The number of hydrogen-bond donors (Lipinski definition) is 1. The quantitative estimate of drug-likeness (QED) is 0.871. The first kappa shape index (κ1) is 17.8. The predicted octanol–water partition coefficient (Wildman–Crippen LogP) is 3.45. The first-order chi connectivity index (χ1) is 11.5. The lowest BCUT2D eigenvalue weighted by molar-refractivity contribution is -0.116. The maximum absolute atomic E-state index is 11.9. The molecule has 0 heterocycles. The van der Waals surface area contributed by atoms with Crippen LogP contribution in [0.15, 0.2) is 48.5 Å². The fourth-order valence-corrected chi connectivity index (χ4v) is 2.27. The maximum atomic E-state index is 11.9. The second kappa shape index (κ2) is 8.36. The highest BCUT2D eigenvalue weighted by molar-refractivity contribution is 6.34.